The predicted molar refractivity (Wildman–Crippen MR) is 68.3 cm³/mol. The van der Waals surface area contributed by atoms with Gasteiger partial charge in [-0.15, -0.1) is 0 Å². The topological polar surface area (TPSA) is 74.3 Å². The van der Waals surface area contributed by atoms with E-state index in [0.29, 0.717) is 18.8 Å². The maximum Gasteiger partial charge on any atom is 0.247 e. The number of piperazine rings is 1. The molecule has 0 aliphatic carbocycles. The third-order valence-corrected chi connectivity index (χ3v) is 2.56. The first-order valence-electron chi connectivity index (χ1n) is 5.60. The highest BCUT2D eigenvalue weighted by Crippen LogP contribution is 2.14. The Labute approximate surface area is 105 Å². The normalized spacial score (nSPS) is 14.9. The Balaban J connectivity index is 2.04. The third kappa shape index (κ3) is 2.85. The van der Waals surface area contributed by atoms with Crippen molar-refractivity contribution in [3.63, 3.8) is 0 Å². The second kappa shape index (κ2) is 5.31. The fraction of sp³-hybridized carbons (Fsp3) is 0.250. The van der Waals surface area contributed by atoms with Gasteiger partial charge in [0.1, 0.15) is 5.82 Å². The van der Waals surface area contributed by atoms with Crippen LogP contribution < -0.4 is 15.5 Å². The average molecular weight is 246 g/mol. The number of carbonyl (C=O) groups is 2. The Morgan fingerprint density at radius 3 is 3.00 bits per heavy atom. The minimum Gasteiger partial charge on any atom is -0.353 e. The average Bonchev–Trinajstić information content (AvgIpc) is 2.39. The zero-order chi connectivity index (χ0) is 13.0. The molecule has 0 unspecified atom stereocenters. The first kappa shape index (κ1) is 12.1. The van der Waals surface area contributed by atoms with Gasteiger partial charge in [-0.25, -0.2) is 4.98 Å². The highest BCUT2D eigenvalue weighted by Gasteiger charge is 2.17. The number of amides is 2. The van der Waals surface area contributed by atoms with Gasteiger partial charge in [-0.2, -0.15) is 0 Å². The van der Waals surface area contributed by atoms with Crippen LogP contribution in [0.1, 0.15) is 0 Å². The maximum atomic E-state index is 11.2. The van der Waals surface area contributed by atoms with Crippen LogP contribution in [0.5, 0.6) is 0 Å². The lowest BCUT2D eigenvalue weighted by atomic mass is 10.3. The number of aromatic nitrogens is 1. The molecular weight excluding hydrogens is 232 g/mol. The molecule has 2 rings (SSSR count). The van der Waals surface area contributed by atoms with Gasteiger partial charge in [-0.05, 0) is 18.2 Å². The van der Waals surface area contributed by atoms with E-state index in [0.717, 1.165) is 12.4 Å². The summed E-state index contributed by atoms with van der Waals surface area (Å²) in [6, 6.07) is 3.52. The van der Waals surface area contributed by atoms with Crippen LogP contribution in [-0.4, -0.2) is 36.4 Å². The number of rotatable bonds is 3. The van der Waals surface area contributed by atoms with Crippen molar-refractivity contribution in [2.75, 3.05) is 29.9 Å². The summed E-state index contributed by atoms with van der Waals surface area (Å²) < 4.78 is 0. The number of nitrogens with zero attached hydrogens (tertiary/aromatic N) is 2. The molecule has 0 radical (unpaired) electrons. The van der Waals surface area contributed by atoms with E-state index in [9.17, 15) is 9.59 Å². The fourth-order valence-electron chi connectivity index (χ4n) is 1.67. The van der Waals surface area contributed by atoms with Crippen LogP contribution in [0.4, 0.5) is 11.5 Å². The van der Waals surface area contributed by atoms with Crippen molar-refractivity contribution in [3.05, 3.63) is 31.0 Å². The number of hydrogen-bond donors (Lipinski definition) is 2. The molecule has 1 aromatic rings. The summed E-state index contributed by atoms with van der Waals surface area (Å²) in [7, 11) is 0. The molecule has 6 heteroatoms. The van der Waals surface area contributed by atoms with E-state index in [1.165, 1.54) is 6.08 Å². The van der Waals surface area contributed by atoms with Gasteiger partial charge in [-0.3, -0.25) is 9.59 Å². The molecule has 0 bridgehead atoms. The summed E-state index contributed by atoms with van der Waals surface area (Å²) in [4.78, 5) is 28.4. The number of hydrogen-bond acceptors (Lipinski definition) is 4. The fourth-order valence-corrected chi connectivity index (χ4v) is 1.67. The molecule has 0 saturated carbocycles. The van der Waals surface area contributed by atoms with Gasteiger partial charge in [0.15, 0.2) is 0 Å². The van der Waals surface area contributed by atoms with Crippen LogP contribution in [0.15, 0.2) is 31.0 Å². The van der Waals surface area contributed by atoms with Gasteiger partial charge >= 0.3 is 0 Å². The maximum absolute atomic E-state index is 11.2. The molecule has 1 saturated heterocycles. The Morgan fingerprint density at radius 1 is 1.56 bits per heavy atom. The number of pyridine rings is 1. The summed E-state index contributed by atoms with van der Waals surface area (Å²) >= 11 is 0. The van der Waals surface area contributed by atoms with Gasteiger partial charge in [0.2, 0.25) is 11.8 Å². The highest BCUT2D eigenvalue weighted by molar-refractivity contribution is 5.98. The summed E-state index contributed by atoms with van der Waals surface area (Å²) in [5.41, 5.74) is 0.602. The summed E-state index contributed by atoms with van der Waals surface area (Å²) in [5.74, 6) is 0.440. The lowest BCUT2D eigenvalue weighted by molar-refractivity contribution is -0.120. The van der Waals surface area contributed by atoms with Crippen molar-refractivity contribution in [2.24, 2.45) is 0 Å². The molecule has 2 N–H and O–H groups in total. The molecule has 2 heterocycles. The van der Waals surface area contributed by atoms with E-state index in [1.807, 2.05) is 4.90 Å². The van der Waals surface area contributed by atoms with Crippen molar-refractivity contribution in [1.82, 2.24) is 10.3 Å². The summed E-state index contributed by atoms with van der Waals surface area (Å²) in [6.45, 7) is 5.04. The molecule has 1 aromatic heterocycles. The Hall–Kier alpha value is -2.37. The van der Waals surface area contributed by atoms with E-state index >= 15 is 0 Å². The zero-order valence-corrected chi connectivity index (χ0v) is 9.85. The minimum absolute atomic E-state index is 0.00733. The molecule has 0 spiro atoms. The second-order valence-electron chi connectivity index (χ2n) is 3.87. The minimum atomic E-state index is -0.276. The number of anilines is 2. The monoisotopic (exact) mass is 246 g/mol. The molecule has 6 nitrogen and oxygen atoms in total. The summed E-state index contributed by atoms with van der Waals surface area (Å²) in [5, 5.41) is 5.36. The van der Waals surface area contributed by atoms with Gasteiger partial charge in [0.05, 0.1) is 18.4 Å². The van der Waals surface area contributed by atoms with Crippen LogP contribution >= 0.6 is 0 Å². The predicted octanol–water partition coefficient (Wildman–Crippen LogP) is 0.142. The SMILES string of the molecule is C=CC(=O)Nc1ccc(N2CCNC(=O)C2)nc1. The quantitative estimate of drug-likeness (QED) is 0.744. The lowest BCUT2D eigenvalue weighted by Crippen LogP contribution is -2.48. The molecule has 0 aromatic carbocycles. The van der Waals surface area contributed by atoms with Crippen molar-refractivity contribution >= 4 is 23.3 Å². The van der Waals surface area contributed by atoms with Crippen molar-refractivity contribution < 1.29 is 9.59 Å². The molecule has 1 aliphatic heterocycles. The largest absolute Gasteiger partial charge is 0.353 e. The zero-order valence-electron chi connectivity index (χ0n) is 9.85. The molecule has 2 amide bonds. The van der Waals surface area contributed by atoms with Crippen LogP contribution in [0, 0.1) is 0 Å². The smallest absolute Gasteiger partial charge is 0.247 e. The Kier molecular flexibility index (Phi) is 3.57. The molecule has 18 heavy (non-hydrogen) atoms. The van der Waals surface area contributed by atoms with E-state index in [2.05, 4.69) is 22.2 Å². The number of nitrogens with one attached hydrogen (secondary N) is 2. The van der Waals surface area contributed by atoms with Gasteiger partial charge in [0.25, 0.3) is 0 Å². The first-order valence-corrected chi connectivity index (χ1v) is 5.60. The molecule has 1 fully saturated rings. The molecule has 94 valence electrons. The lowest BCUT2D eigenvalue weighted by Gasteiger charge is -2.27. The van der Waals surface area contributed by atoms with E-state index < -0.39 is 0 Å². The van der Waals surface area contributed by atoms with Gasteiger partial charge in [0, 0.05) is 13.1 Å². The van der Waals surface area contributed by atoms with Crippen molar-refractivity contribution in [2.45, 2.75) is 0 Å². The Morgan fingerprint density at radius 2 is 2.39 bits per heavy atom. The van der Waals surface area contributed by atoms with Crippen LogP contribution in [0.25, 0.3) is 0 Å². The third-order valence-electron chi connectivity index (χ3n) is 2.56. The Bertz CT molecular complexity index is 469. The first-order chi connectivity index (χ1) is 8.69. The van der Waals surface area contributed by atoms with E-state index in [4.69, 9.17) is 0 Å². The standard InChI is InChI=1S/C12H14N4O2/c1-2-11(17)15-9-3-4-10(14-7-9)16-6-5-13-12(18)8-16/h2-4,7H,1,5-6,8H2,(H,13,18)(H,15,17). The van der Waals surface area contributed by atoms with Gasteiger partial charge in [-0.1, -0.05) is 6.58 Å². The molecule has 1 aliphatic rings. The van der Waals surface area contributed by atoms with Crippen molar-refractivity contribution in [3.8, 4) is 0 Å². The van der Waals surface area contributed by atoms with E-state index in [-0.39, 0.29) is 11.8 Å². The van der Waals surface area contributed by atoms with Crippen LogP contribution in [0.2, 0.25) is 0 Å². The van der Waals surface area contributed by atoms with Crippen LogP contribution in [0.3, 0.4) is 0 Å². The van der Waals surface area contributed by atoms with Crippen LogP contribution in [-0.2, 0) is 9.59 Å². The second-order valence-corrected chi connectivity index (χ2v) is 3.87. The van der Waals surface area contributed by atoms with Crippen molar-refractivity contribution in [1.29, 1.82) is 0 Å². The van der Waals surface area contributed by atoms with E-state index in [1.54, 1.807) is 18.3 Å². The molecular formula is C12H14N4O2. The highest BCUT2D eigenvalue weighted by atomic mass is 16.2. The molecule has 0 atom stereocenters. The number of carbonyl (C=O) groups excluding carboxylic acids is 2. The van der Waals surface area contributed by atoms with Gasteiger partial charge < -0.3 is 15.5 Å². The summed E-state index contributed by atoms with van der Waals surface area (Å²) in [6.07, 6.45) is 2.76.